The molecule has 1 N–H and O–H groups in total. The van der Waals surface area contributed by atoms with Crippen molar-refractivity contribution >= 4 is 17.5 Å². The number of nitrogens with one attached hydrogen (secondary N) is 1. The number of piperazine rings is 1. The number of benzene rings is 1. The lowest BCUT2D eigenvalue weighted by atomic mass is 10.1. The van der Waals surface area contributed by atoms with E-state index < -0.39 is 6.04 Å². The fraction of sp³-hybridized carbons (Fsp3) is 0.467. The minimum absolute atomic E-state index is 0.160. The Morgan fingerprint density at radius 3 is 2.50 bits per heavy atom. The second-order valence-corrected chi connectivity index (χ2v) is 5.52. The molecule has 7 heteroatoms. The molecule has 2 amide bonds. The molecule has 7 nitrogen and oxygen atoms in total. The third-order valence-corrected chi connectivity index (χ3v) is 4.16. The van der Waals surface area contributed by atoms with Crippen LogP contribution in [-0.2, 0) is 4.79 Å². The summed E-state index contributed by atoms with van der Waals surface area (Å²) in [6.07, 6.45) is 0. The van der Waals surface area contributed by atoms with Gasteiger partial charge < -0.3 is 24.6 Å². The summed E-state index contributed by atoms with van der Waals surface area (Å²) < 4.78 is 10.5. The number of nitrogens with zero attached hydrogens (tertiary/aromatic N) is 2. The minimum atomic E-state index is -0.476. The molecule has 118 valence electrons. The van der Waals surface area contributed by atoms with Crippen LogP contribution >= 0.6 is 0 Å². The zero-order valence-electron chi connectivity index (χ0n) is 12.9. The van der Waals surface area contributed by atoms with Crippen LogP contribution in [0.15, 0.2) is 12.1 Å². The topological polar surface area (TPSA) is 71.1 Å². The first-order valence-corrected chi connectivity index (χ1v) is 7.11. The van der Waals surface area contributed by atoms with Crippen molar-refractivity contribution in [2.75, 3.05) is 46.2 Å². The molecule has 0 aliphatic carbocycles. The molecule has 0 radical (unpaired) electrons. The fourth-order valence-electron chi connectivity index (χ4n) is 2.92. The Hall–Kier alpha value is -2.28. The van der Waals surface area contributed by atoms with E-state index in [0.29, 0.717) is 35.8 Å². The lowest BCUT2D eigenvalue weighted by molar-refractivity contribution is -0.122. The summed E-state index contributed by atoms with van der Waals surface area (Å²) in [4.78, 5) is 28.9. The van der Waals surface area contributed by atoms with Crippen LogP contribution in [0.5, 0.6) is 11.5 Å². The molecule has 1 aromatic carbocycles. The van der Waals surface area contributed by atoms with E-state index in [1.54, 1.807) is 17.0 Å². The van der Waals surface area contributed by atoms with Crippen molar-refractivity contribution in [3.8, 4) is 11.5 Å². The highest BCUT2D eigenvalue weighted by Gasteiger charge is 2.38. The van der Waals surface area contributed by atoms with E-state index in [9.17, 15) is 9.59 Å². The Labute approximate surface area is 128 Å². The summed E-state index contributed by atoms with van der Waals surface area (Å²) in [5, 5.41) is 2.83. The largest absolute Gasteiger partial charge is 0.493 e. The number of carbonyl (C=O) groups is 2. The van der Waals surface area contributed by atoms with Crippen molar-refractivity contribution in [1.82, 2.24) is 9.80 Å². The molecule has 0 saturated carbocycles. The van der Waals surface area contributed by atoms with Crippen molar-refractivity contribution in [3.05, 3.63) is 17.7 Å². The van der Waals surface area contributed by atoms with Crippen molar-refractivity contribution < 1.29 is 19.1 Å². The van der Waals surface area contributed by atoms with Crippen LogP contribution in [0.4, 0.5) is 5.69 Å². The lowest BCUT2D eigenvalue weighted by Gasteiger charge is -2.37. The lowest BCUT2D eigenvalue weighted by Crippen LogP contribution is -2.57. The van der Waals surface area contributed by atoms with Gasteiger partial charge in [-0.25, -0.2) is 0 Å². The van der Waals surface area contributed by atoms with Crippen molar-refractivity contribution in [1.29, 1.82) is 0 Å². The Kier molecular flexibility index (Phi) is 3.66. The standard InChI is InChI=1S/C15H19N3O4/c1-17-4-5-18-11(8-17)14(19)16-10-7-13(22-3)12(21-2)6-9(10)15(18)20/h6-7,11H,4-5,8H2,1-3H3,(H,16,19). The quantitative estimate of drug-likeness (QED) is 0.857. The van der Waals surface area contributed by atoms with Gasteiger partial charge in [-0.05, 0) is 13.1 Å². The van der Waals surface area contributed by atoms with Gasteiger partial charge in [0.05, 0.1) is 25.5 Å². The molecule has 22 heavy (non-hydrogen) atoms. The van der Waals surface area contributed by atoms with Gasteiger partial charge in [0, 0.05) is 25.7 Å². The molecule has 2 aliphatic rings. The van der Waals surface area contributed by atoms with Gasteiger partial charge >= 0.3 is 0 Å². The molecule has 2 aliphatic heterocycles. The summed E-state index contributed by atoms with van der Waals surface area (Å²) in [6, 6.07) is 2.78. The predicted molar refractivity (Wildman–Crippen MR) is 80.5 cm³/mol. The highest BCUT2D eigenvalue weighted by molar-refractivity contribution is 6.10. The van der Waals surface area contributed by atoms with Crippen LogP contribution in [0.25, 0.3) is 0 Å². The molecule has 1 saturated heterocycles. The number of fused-ring (bicyclic) bond motifs is 2. The van der Waals surface area contributed by atoms with Crippen LogP contribution < -0.4 is 14.8 Å². The fourth-order valence-corrected chi connectivity index (χ4v) is 2.92. The molecule has 1 atom stereocenters. The van der Waals surface area contributed by atoms with E-state index in [1.807, 2.05) is 11.9 Å². The van der Waals surface area contributed by atoms with Gasteiger partial charge in [0.15, 0.2) is 11.5 Å². The summed E-state index contributed by atoms with van der Waals surface area (Å²) in [5.74, 6) is 0.612. The number of amides is 2. The minimum Gasteiger partial charge on any atom is -0.493 e. The number of likely N-dealkylation sites (N-methyl/N-ethyl adjacent to an activating group) is 1. The zero-order chi connectivity index (χ0) is 15.9. The predicted octanol–water partition coefficient (Wildman–Crippen LogP) is 0.412. The normalized spacial score (nSPS) is 21.6. The molecule has 0 bridgehead atoms. The third kappa shape index (κ3) is 2.27. The molecular weight excluding hydrogens is 286 g/mol. The van der Waals surface area contributed by atoms with Crippen LogP contribution in [-0.4, -0.2) is 68.6 Å². The average molecular weight is 305 g/mol. The van der Waals surface area contributed by atoms with Crippen LogP contribution in [0.1, 0.15) is 10.4 Å². The molecular formula is C15H19N3O4. The zero-order valence-corrected chi connectivity index (χ0v) is 12.9. The molecule has 0 spiro atoms. The number of hydrogen-bond donors (Lipinski definition) is 1. The smallest absolute Gasteiger partial charge is 0.256 e. The van der Waals surface area contributed by atoms with E-state index in [4.69, 9.17) is 9.47 Å². The summed E-state index contributed by atoms with van der Waals surface area (Å²) in [6.45, 7) is 1.80. The first kappa shape index (κ1) is 14.6. The number of ether oxygens (including phenoxy) is 2. The van der Waals surface area contributed by atoms with Gasteiger partial charge in [-0.1, -0.05) is 0 Å². The first-order chi connectivity index (χ1) is 10.5. The maximum atomic E-state index is 12.8. The Balaban J connectivity index is 2.07. The average Bonchev–Trinajstić information content (AvgIpc) is 2.62. The summed E-state index contributed by atoms with van der Waals surface area (Å²) in [7, 11) is 4.98. The van der Waals surface area contributed by atoms with Crippen molar-refractivity contribution in [3.63, 3.8) is 0 Å². The number of anilines is 1. The molecule has 1 aromatic rings. The summed E-state index contributed by atoms with van der Waals surface area (Å²) in [5.41, 5.74) is 0.891. The molecule has 3 rings (SSSR count). The SMILES string of the molecule is COc1cc2c(cc1OC)C(=O)N1CCN(C)CC1C(=O)N2. The van der Waals surface area contributed by atoms with E-state index >= 15 is 0 Å². The summed E-state index contributed by atoms with van der Waals surface area (Å²) >= 11 is 0. The Morgan fingerprint density at radius 2 is 1.82 bits per heavy atom. The van der Waals surface area contributed by atoms with Gasteiger partial charge in [0.1, 0.15) is 6.04 Å². The molecule has 0 aromatic heterocycles. The van der Waals surface area contributed by atoms with Gasteiger partial charge in [0.2, 0.25) is 5.91 Å². The number of rotatable bonds is 2. The molecule has 1 unspecified atom stereocenters. The first-order valence-electron chi connectivity index (χ1n) is 7.11. The van der Waals surface area contributed by atoms with Gasteiger partial charge in [-0.15, -0.1) is 0 Å². The highest BCUT2D eigenvalue weighted by Crippen LogP contribution is 2.36. The number of hydrogen-bond acceptors (Lipinski definition) is 5. The van der Waals surface area contributed by atoms with E-state index in [-0.39, 0.29) is 11.8 Å². The van der Waals surface area contributed by atoms with Crippen molar-refractivity contribution in [2.24, 2.45) is 0 Å². The Morgan fingerprint density at radius 1 is 1.14 bits per heavy atom. The second-order valence-electron chi connectivity index (χ2n) is 5.52. The monoisotopic (exact) mass is 305 g/mol. The Bertz CT molecular complexity index is 631. The third-order valence-electron chi connectivity index (χ3n) is 4.16. The highest BCUT2D eigenvalue weighted by atomic mass is 16.5. The number of carbonyl (C=O) groups excluding carboxylic acids is 2. The number of methoxy groups -OCH3 is 2. The molecule has 2 heterocycles. The van der Waals surface area contributed by atoms with E-state index in [0.717, 1.165) is 6.54 Å². The van der Waals surface area contributed by atoms with E-state index in [1.165, 1.54) is 14.2 Å². The van der Waals surface area contributed by atoms with Crippen LogP contribution in [0.3, 0.4) is 0 Å². The maximum Gasteiger partial charge on any atom is 0.256 e. The second kappa shape index (κ2) is 5.49. The van der Waals surface area contributed by atoms with Gasteiger partial charge in [-0.3, -0.25) is 9.59 Å². The van der Waals surface area contributed by atoms with Crippen LogP contribution in [0, 0.1) is 0 Å². The maximum absolute atomic E-state index is 12.8. The van der Waals surface area contributed by atoms with Crippen LogP contribution in [0.2, 0.25) is 0 Å². The van der Waals surface area contributed by atoms with Gasteiger partial charge in [0.25, 0.3) is 5.91 Å². The van der Waals surface area contributed by atoms with Gasteiger partial charge in [-0.2, -0.15) is 0 Å². The molecule has 1 fully saturated rings. The van der Waals surface area contributed by atoms with Crippen molar-refractivity contribution in [2.45, 2.75) is 6.04 Å². The van der Waals surface area contributed by atoms with E-state index in [2.05, 4.69) is 5.32 Å².